The number of nitrogens with two attached hydrogens (primary N) is 1. The van der Waals surface area contributed by atoms with E-state index in [0.717, 1.165) is 12.5 Å². The minimum absolute atomic E-state index is 0.188. The van der Waals surface area contributed by atoms with Gasteiger partial charge in [0.25, 0.3) is 0 Å². The van der Waals surface area contributed by atoms with Crippen LogP contribution >= 0.6 is 0 Å². The average Bonchev–Trinajstić information content (AvgIpc) is 2.32. The summed E-state index contributed by atoms with van der Waals surface area (Å²) < 4.78 is 27.0. The van der Waals surface area contributed by atoms with Crippen molar-refractivity contribution in [2.24, 2.45) is 5.92 Å². The van der Waals surface area contributed by atoms with Crippen molar-refractivity contribution in [3.8, 4) is 0 Å². The fourth-order valence-electron chi connectivity index (χ4n) is 1.76. The number of benzene rings is 1. The molecule has 0 aliphatic heterocycles. The van der Waals surface area contributed by atoms with Gasteiger partial charge >= 0.3 is 0 Å². The van der Waals surface area contributed by atoms with E-state index in [1.54, 1.807) is 4.90 Å². The molecule has 1 aromatic carbocycles. The van der Waals surface area contributed by atoms with Gasteiger partial charge in [-0.15, -0.1) is 0 Å². The standard InChI is InChI=1S/C13H20F2N2/c1-4-9(3)8-17(5-2)13-11(16)7-6-10(14)12(13)15/h6-7,9H,4-5,8,16H2,1-3H3. The van der Waals surface area contributed by atoms with Crippen LogP contribution in [0.3, 0.4) is 0 Å². The molecular formula is C13H20F2N2. The number of nitrogens with zero attached hydrogens (tertiary/aromatic N) is 1. The van der Waals surface area contributed by atoms with Crippen LogP contribution in [0, 0.1) is 17.6 Å². The van der Waals surface area contributed by atoms with Crippen LogP contribution in [0.5, 0.6) is 0 Å². The van der Waals surface area contributed by atoms with Crippen molar-refractivity contribution < 1.29 is 8.78 Å². The lowest BCUT2D eigenvalue weighted by Gasteiger charge is -2.27. The van der Waals surface area contributed by atoms with Crippen molar-refractivity contribution in [1.82, 2.24) is 0 Å². The highest BCUT2D eigenvalue weighted by Crippen LogP contribution is 2.29. The molecule has 17 heavy (non-hydrogen) atoms. The first kappa shape index (κ1) is 13.7. The van der Waals surface area contributed by atoms with Crippen molar-refractivity contribution in [3.63, 3.8) is 0 Å². The Morgan fingerprint density at radius 3 is 2.47 bits per heavy atom. The van der Waals surface area contributed by atoms with Gasteiger partial charge in [-0.25, -0.2) is 8.78 Å². The lowest BCUT2D eigenvalue weighted by Crippen LogP contribution is -2.30. The Labute approximate surface area is 101 Å². The molecule has 1 aromatic rings. The van der Waals surface area contributed by atoms with Gasteiger partial charge in [0.05, 0.1) is 11.4 Å². The third-order valence-corrected chi connectivity index (χ3v) is 3.03. The smallest absolute Gasteiger partial charge is 0.184 e. The molecule has 0 radical (unpaired) electrons. The summed E-state index contributed by atoms with van der Waals surface area (Å²) in [5, 5.41) is 0. The maximum Gasteiger partial charge on any atom is 0.184 e. The topological polar surface area (TPSA) is 29.3 Å². The molecule has 2 nitrogen and oxygen atoms in total. The Balaban J connectivity index is 3.07. The highest BCUT2D eigenvalue weighted by molar-refractivity contribution is 5.68. The van der Waals surface area contributed by atoms with Gasteiger partial charge < -0.3 is 10.6 Å². The van der Waals surface area contributed by atoms with Crippen molar-refractivity contribution in [2.45, 2.75) is 27.2 Å². The molecule has 0 bridgehead atoms. The van der Waals surface area contributed by atoms with Crippen LogP contribution in [0.2, 0.25) is 0 Å². The maximum atomic E-state index is 13.8. The molecule has 96 valence electrons. The predicted octanol–water partition coefficient (Wildman–Crippen LogP) is 3.42. The molecule has 0 aliphatic rings. The zero-order chi connectivity index (χ0) is 13.0. The van der Waals surface area contributed by atoms with Crippen LogP contribution in [0.15, 0.2) is 12.1 Å². The first-order valence-corrected chi connectivity index (χ1v) is 5.99. The van der Waals surface area contributed by atoms with E-state index in [-0.39, 0.29) is 11.4 Å². The molecule has 0 saturated heterocycles. The van der Waals surface area contributed by atoms with E-state index in [1.165, 1.54) is 6.07 Å². The summed E-state index contributed by atoms with van der Waals surface area (Å²) in [6.07, 6.45) is 0.993. The van der Waals surface area contributed by atoms with Crippen molar-refractivity contribution >= 4 is 11.4 Å². The van der Waals surface area contributed by atoms with Crippen LogP contribution in [-0.2, 0) is 0 Å². The molecule has 1 rings (SSSR count). The van der Waals surface area contributed by atoms with Gasteiger partial charge in [-0.05, 0) is 25.0 Å². The number of rotatable bonds is 5. The summed E-state index contributed by atoms with van der Waals surface area (Å²) >= 11 is 0. The Hall–Kier alpha value is -1.32. The van der Waals surface area contributed by atoms with Gasteiger partial charge in [-0.3, -0.25) is 0 Å². The van der Waals surface area contributed by atoms with Crippen LogP contribution < -0.4 is 10.6 Å². The molecule has 0 amide bonds. The van der Waals surface area contributed by atoms with E-state index in [0.29, 0.717) is 19.0 Å². The molecule has 1 atom stereocenters. The quantitative estimate of drug-likeness (QED) is 0.802. The summed E-state index contributed by atoms with van der Waals surface area (Å²) in [6.45, 7) is 7.35. The monoisotopic (exact) mass is 242 g/mol. The number of hydrogen-bond acceptors (Lipinski definition) is 2. The van der Waals surface area contributed by atoms with E-state index in [2.05, 4.69) is 13.8 Å². The Morgan fingerprint density at radius 1 is 1.29 bits per heavy atom. The molecule has 4 heteroatoms. The van der Waals surface area contributed by atoms with Crippen molar-refractivity contribution in [3.05, 3.63) is 23.8 Å². The summed E-state index contributed by atoms with van der Waals surface area (Å²) in [6, 6.07) is 2.47. The zero-order valence-electron chi connectivity index (χ0n) is 10.6. The summed E-state index contributed by atoms with van der Waals surface area (Å²) in [7, 11) is 0. The van der Waals surface area contributed by atoms with E-state index >= 15 is 0 Å². The SMILES string of the molecule is CCC(C)CN(CC)c1c(N)ccc(F)c1F. The second-order valence-corrected chi connectivity index (χ2v) is 4.35. The fourth-order valence-corrected chi connectivity index (χ4v) is 1.76. The third kappa shape index (κ3) is 3.08. The summed E-state index contributed by atoms with van der Waals surface area (Å²) in [5.74, 6) is -1.29. The Bertz CT molecular complexity index is 380. The van der Waals surface area contributed by atoms with Gasteiger partial charge in [0, 0.05) is 13.1 Å². The molecule has 0 aromatic heterocycles. The second-order valence-electron chi connectivity index (χ2n) is 4.35. The van der Waals surface area contributed by atoms with Gasteiger partial charge in [0.1, 0.15) is 0 Å². The minimum atomic E-state index is -0.852. The molecule has 0 saturated carbocycles. The molecule has 1 unspecified atom stereocenters. The van der Waals surface area contributed by atoms with E-state index in [1.807, 2.05) is 6.92 Å². The zero-order valence-corrected chi connectivity index (χ0v) is 10.6. The first-order chi connectivity index (χ1) is 8.01. The van der Waals surface area contributed by atoms with Gasteiger partial charge in [0.2, 0.25) is 0 Å². The highest BCUT2D eigenvalue weighted by Gasteiger charge is 2.18. The molecular weight excluding hydrogens is 222 g/mol. The molecule has 0 heterocycles. The maximum absolute atomic E-state index is 13.8. The van der Waals surface area contributed by atoms with Gasteiger partial charge in [-0.1, -0.05) is 20.3 Å². The number of halogens is 2. The number of hydrogen-bond donors (Lipinski definition) is 1. The number of anilines is 2. The van der Waals surface area contributed by atoms with E-state index in [9.17, 15) is 8.78 Å². The van der Waals surface area contributed by atoms with E-state index < -0.39 is 11.6 Å². The van der Waals surface area contributed by atoms with Crippen molar-refractivity contribution in [2.75, 3.05) is 23.7 Å². The third-order valence-electron chi connectivity index (χ3n) is 3.03. The summed E-state index contributed by atoms with van der Waals surface area (Å²) in [4.78, 5) is 1.79. The Morgan fingerprint density at radius 2 is 1.94 bits per heavy atom. The Kier molecular flexibility index (Phi) is 4.73. The van der Waals surface area contributed by atoms with Crippen LogP contribution in [0.4, 0.5) is 20.2 Å². The highest BCUT2D eigenvalue weighted by atomic mass is 19.2. The average molecular weight is 242 g/mol. The van der Waals surface area contributed by atoms with Crippen LogP contribution in [0.25, 0.3) is 0 Å². The molecule has 0 fully saturated rings. The predicted molar refractivity (Wildman–Crippen MR) is 68.1 cm³/mol. The van der Waals surface area contributed by atoms with Gasteiger partial charge in [0.15, 0.2) is 11.6 Å². The molecule has 2 N–H and O–H groups in total. The first-order valence-electron chi connectivity index (χ1n) is 5.99. The number of nitrogen functional groups attached to an aromatic ring is 1. The molecule has 0 aliphatic carbocycles. The van der Waals surface area contributed by atoms with Gasteiger partial charge in [-0.2, -0.15) is 0 Å². The van der Waals surface area contributed by atoms with E-state index in [4.69, 9.17) is 5.73 Å². The van der Waals surface area contributed by atoms with Crippen molar-refractivity contribution in [1.29, 1.82) is 0 Å². The fraction of sp³-hybridized carbons (Fsp3) is 0.538. The minimum Gasteiger partial charge on any atom is -0.397 e. The normalized spacial score (nSPS) is 12.5. The van der Waals surface area contributed by atoms with Crippen LogP contribution in [0.1, 0.15) is 27.2 Å². The largest absolute Gasteiger partial charge is 0.397 e. The van der Waals surface area contributed by atoms with Crippen LogP contribution in [-0.4, -0.2) is 13.1 Å². The lowest BCUT2D eigenvalue weighted by molar-refractivity contribution is 0.497. The second kappa shape index (κ2) is 5.84. The lowest BCUT2D eigenvalue weighted by atomic mass is 10.1. The molecule has 0 spiro atoms. The summed E-state index contributed by atoms with van der Waals surface area (Å²) in [5.41, 5.74) is 6.21.